The van der Waals surface area contributed by atoms with Crippen LogP contribution >= 0.6 is 21.6 Å². The highest BCUT2D eigenvalue weighted by molar-refractivity contribution is 8.76. The van der Waals surface area contributed by atoms with Gasteiger partial charge in [0.25, 0.3) is 0 Å². The van der Waals surface area contributed by atoms with Crippen molar-refractivity contribution in [2.75, 3.05) is 103 Å². The number of esters is 2. The summed E-state index contributed by atoms with van der Waals surface area (Å²) in [6.45, 7) is 25.6. The zero-order valence-corrected chi connectivity index (χ0v) is 43.8. The molecule has 0 bridgehead atoms. The van der Waals surface area contributed by atoms with Gasteiger partial charge in [-0.1, -0.05) is 60.1 Å². The average molecular weight is 982 g/mol. The molecule has 2 saturated heterocycles. The minimum atomic E-state index is -1.43. The molecular formula is C47H91N5O12S2. The number of amides is 1. The molecule has 0 aromatic rings. The van der Waals surface area contributed by atoms with E-state index in [9.17, 15) is 34.8 Å². The van der Waals surface area contributed by atoms with Crippen LogP contribution < -0.4 is 5.32 Å². The Morgan fingerprint density at radius 2 is 1.03 bits per heavy atom. The summed E-state index contributed by atoms with van der Waals surface area (Å²) < 4.78 is 27.9. The van der Waals surface area contributed by atoms with Gasteiger partial charge in [0, 0.05) is 51.6 Å². The Morgan fingerprint density at radius 3 is 1.53 bits per heavy atom. The third kappa shape index (κ3) is 29.5. The maximum atomic E-state index is 13.1. The zero-order valence-electron chi connectivity index (χ0n) is 42.1. The maximum Gasteiger partial charge on any atom is 0.408 e. The van der Waals surface area contributed by atoms with E-state index in [0.29, 0.717) is 12.5 Å². The Hall–Kier alpha value is -1.49. The molecular weight excluding hydrogens is 891 g/mol. The van der Waals surface area contributed by atoms with Crippen LogP contribution in [-0.2, 0) is 33.3 Å². The third-order valence-electron chi connectivity index (χ3n) is 10.9. The van der Waals surface area contributed by atoms with E-state index in [1.807, 2.05) is 62.3 Å². The second-order valence-corrected chi connectivity index (χ2v) is 23.2. The van der Waals surface area contributed by atoms with Gasteiger partial charge in [-0.15, -0.1) is 0 Å². The van der Waals surface area contributed by atoms with Crippen molar-refractivity contribution in [1.82, 2.24) is 24.9 Å². The van der Waals surface area contributed by atoms with Gasteiger partial charge in [-0.2, -0.15) is 0 Å². The number of hydrogen-bond acceptors (Lipinski definition) is 18. The summed E-state index contributed by atoms with van der Waals surface area (Å²) in [5.74, 6) is 0.978. The van der Waals surface area contributed by atoms with Crippen molar-refractivity contribution in [3.05, 3.63) is 0 Å². The van der Waals surface area contributed by atoms with Gasteiger partial charge in [-0.05, 0) is 121 Å². The van der Waals surface area contributed by atoms with Crippen molar-refractivity contribution in [3.8, 4) is 0 Å². The third-order valence-corrected chi connectivity index (χ3v) is 13.1. The van der Waals surface area contributed by atoms with Crippen LogP contribution in [0.3, 0.4) is 0 Å². The first-order valence-corrected chi connectivity index (χ1v) is 27.0. The molecule has 5 N–H and O–H groups in total. The first-order chi connectivity index (χ1) is 31.0. The van der Waals surface area contributed by atoms with E-state index in [1.165, 1.54) is 0 Å². The van der Waals surface area contributed by atoms with E-state index >= 15 is 0 Å². The largest absolute Gasteiger partial charge is 0.459 e. The van der Waals surface area contributed by atoms with Gasteiger partial charge in [0.15, 0.2) is 6.29 Å². The van der Waals surface area contributed by atoms with Crippen LogP contribution in [0.2, 0.25) is 0 Å². The molecule has 0 radical (unpaired) electrons. The van der Waals surface area contributed by atoms with E-state index in [1.54, 1.807) is 21.6 Å². The van der Waals surface area contributed by atoms with Crippen molar-refractivity contribution in [2.45, 2.75) is 180 Å². The lowest BCUT2D eigenvalue weighted by atomic mass is 9.99. The lowest BCUT2D eigenvalue weighted by Crippen LogP contribution is -2.59. The fraction of sp³-hybridized carbons (Fsp3) is 0.936. The van der Waals surface area contributed by atoms with Crippen molar-refractivity contribution in [2.24, 2.45) is 0 Å². The molecule has 0 saturated carbocycles. The molecule has 2 unspecified atom stereocenters. The molecule has 2 aliphatic heterocycles. The molecule has 0 aliphatic carbocycles. The number of hydrogen-bond donors (Lipinski definition) is 5. The lowest BCUT2D eigenvalue weighted by molar-refractivity contribution is -0.301. The van der Waals surface area contributed by atoms with E-state index < -0.39 is 60.2 Å². The van der Waals surface area contributed by atoms with Crippen LogP contribution in [0.5, 0.6) is 0 Å². The molecule has 19 heteroatoms. The highest BCUT2D eigenvalue weighted by Crippen LogP contribution is 2.23. The number of alkyl carbamates (subject to hydrolysis) is 1. The summed E-state index contributed by atoms with van der Waals surface area (Å²) in [7, 11) is 3.33. The average Bonchev–Trinajstić information content (AvgIpc) is 3.20. The molecule has 17 nitrogen and oxygen atoms in total. The van der Waals surface area contributed by atoms with Crippen molar-refractivity contribution < 1.29 is 58.5 Å². The highest BCUT2D eigenvalue weighted by atomic mass is 33.1. The molecule has 0 aromatic heterocycles. The van der Waals surface area contributed by atoms with Crippen molar-refractivity contribution in [3.63, 3.8) is 0 Å². The molecule has 2 fully saturated rings. The van der Waals surface area contributed by atoms with Crippen LogP contribution in [0, 0.1) is 0 Å². The van der Waals surface area contributed by atoms with Gasteiger partial charge in [-0.25, -0.2) is 4.79 Å². The topological polar surface area (TPSA) is 203 Å². The smallest absolute Gasteiger partial charge is 0.408 e. The number of carbonyl (C=O) groups is 3. The Kier molecular flexibility index (Phi) is 29.8. The predicted molar refractivity (Wildman–Crippen MR) is 262 cm³/mol. The molecule has 5 atom stereocenters. The van der Waals surface area contributed by atoms with Gasteiger partial charge in [0.05, 0.1) is 25.6 Å². The normalized spacial score (nSPS) is 23.3. The quantitative estimate of drug-likeness (QED) is 0.0288. The van der Waals surface area contributed by atoms with Crippen LogP contribution in [-0.4, -0.2) is 209 Å². The summed E-state index contributed by atoms with van der Waals surface area (Å²) in [4.78, 5) is 47.6. The van der Waals surface area contributed by atoms with E-state index in [0.717, 1.165) is 142 Å². The second kappa shape index (κ2) is 32.4. The first kappa shape index (κ1) is 60.6. The van der Waals surface area contributed by atoms with Gasteiger partial charge in [-0.3, -0.25) is 19.4 Å². The Balaban J connectivity index is 1.93. The summed E-state index contributed by atoms with van der Waals surface area (Å²) in [5.41, 5.74) is -1.64. The number of carbonyl (C=O) groups excluding carboxylic acids is 3. The minimum absolute atomic E-state index is 0.207. The van der Waals surface area contributed by atoms with Crippen LogP contribution in [0.4, 0.5) is 4.79 Å². The van der Waals surface area contributed by atoms with Gasteiger partial charge < -0.3 is 59.2 Å². The fourth-order valence-corrected chi connectivity index (χ4v) is 9.44. The first-order valence-electron chi connectivity index (χ1n) is 24.5. The summed E-state index contributed by atoms with van der Waals surface area (Å²) in [6, 6.07) is 0. The molecule has 2 heterocycles. The molecule has 2 aliphatic rings. The lowest BCUT2D eigenvalue weighted by Gasteiger charge is -2.39. The Bertz CT molecular complexity index is 1340. The number of ether oxygens (including phenoxy) is 5. The van der Waals surface area contributed by atoms with E-state index in [-0.39, 0.29) is 25.0 Å². The summed E-state index contributed by atoms with van der Waals surface area (Å²) in [6.07, 6.45) is 4.49. The van der Waals surface area contributed by atoms with E-state index in [4.69, 9.17) is 23.7 Å². The number of unbranched alkanes of at least 4 members (excludes halogenated alkanes) is 7. The van der Waals surface area contributed by atoms with Crippen LogP contribution in [0.1, 0.15) is 133 Å². The van der Waals surface area contributed by atoms with Gasteiger partial charge in [0.1, 0.15) is 41.2 Å². The molecule has 388 valence electrons. The highest BCUT2D eigenvalue weighted by Gasteiger charge is 2.44. The minimum Gasteiger partial charge on any atom is -0.459 e. The number of rotatable bonds is 24. The fourth-order valence-electron chi connectivity index (χ4n) is 7.68. The van der Waals surface area contributed by atoms with Crippen molar-refractivity contribution >= 4 is 39.6 Å². The molecule has 0 aromatic carbocycles. The summed E-state index contributed by atoms with van der Waals surface area (Å²) >= 11 is 0. The number of nitrogens with one attached hydrogen (secondary N) is 1. The molecule has 0 spiro atoms. The number of aliphatic hydroxyl groups is 4. The van der Waals surface area contributed by atoms with Crippen LogP contribution in [0.25, 0.3) is 0 Å². The SMILES string of the molecule is CC(C)(C)OC(=O)CN1CCCN(CCCSSCNC(=O)OC(C)(C)C)CCN(CC(=O)OC(C)(C)C)CCCN(CCCCCCCCCCO[C@@H]2OC(CO)[C@@H](O)[C@H](O)C2O)CC1. The predicted octanol–water partition coefficient (Wildman–Crippen LogP) is 4.86. The maximum absolute atomic E-state index is 13.1. The van der Waals surface area contributed by atoms with Crippen molar-refractivity contribution in [1.29, 1.82) is 0 Å². The summed E-state index contributed by atoms with van der Waals surface area (Å²) in [5, 5.41) is 42.3. The van der Waals surface area contributed by atoms with Crippen LogP contribution in [0.15, 0.2) is 0 Å². The standard InChI is InChI=1S/C47H91N5O12S2/c1-45(2,3)62-38(54)33-51-25-19-23-50(26-20-32-65-66-36-48-44(59)64-47(7,8)9)28-30-52(34-39(55)63-46(4,5)6)24-18-22-49(27-29-51)21-16-14-12-10-11-13-15-17-31-60-43-42(58)41(57)40(56)37(35-53)61-43/h37,40-43,53,56-58H,10-36H2,1-9H3,(H,48,59)/t37?,40-,41+,42?,43-/m1/s1. The Morgan fingerprint density at radius 1 is 0.576 bits per heavy atom. The molecule has 66 heavy (non-hydrogen) atoms. The van der Waals surface area contributed by atoms with Gasteiger partial charge in [0.2, 0.25) is 0 Å². The second-order valence-electron chi connectivity index (χ2n) is 20.6. The van der Waals surface area contributed by atoms with E-state index in [2.05, 4.69) is 24.9 Å². The number of nitrogens with zero attached hydrogens (tertiary/aromatic N) is 4. The monoisotopic (exact) mass is 982 g/mol. The zero-order chi connectivity index (χ0) is 49.2. The van der Waals surface area contributed by atoms with Gasteiger partial charge >= 0.3 is 18.0 Å². The molecule has 1 amide bonds. The number of aliphatic hydroxyl groups excluding tert-OH is 4. The Labute approximate surface area is 405 Å². The molecule has 2 rings (SSSR count).